The summed E-state index contributed by atoms with van der Waals surface area (Å²) in [5.74, 6) is 0. The number of hydrogen-bond donors (Lipinski definition) is 0. The third-order valence-electron chi connectivity index (χ3n) is 7.21. The van der Waals surface area contributed by atoms with Crippen LogP contribution in [0.3, 0.4) is 0 Å². The van der Waals surface area contributed by atoms with Gasteiger partial charge in [-0.25, -0.2) is 0 Å². The third-order valence-corrected chi connectivity index (χ3v) is 11.0. The minimum atomic E-state index is -2.00. The largest absolute Gasteiger partial charge is 1.00 e. The molecule has 0 atom stereocenters. The minimum absolute atomic E-state index is 0. The molecule has 33 heavy (non-hydrogen) atoms. The molecule has 6 aromatic rings. The molecule has 3 heteroatoms. The quantitative estimate of drug-likeness (QED) is 0.287. The van der Waals surface area contributed by atoms with E-state index >= 15 is 0 Å². The van der Waals surface area contributed by atoms with Crippen molar-refractivity contribution in [3.8, 4) is 0 Å². The van der Waals surface area contributed by atoms with Gasteiger partial charge in [0.1, 0.15) is 0 Å². The standard InChI is InChI=1S/C30H26Si.2Li/c1-19-17-23-15-13-21-9-5-7-11-25(21)27(23)29(19)31(3,4)30-20(2)18-24-16-14-22-10-6-8-12-26(22)28(24)30;;/h5-18H,1-4H3;;/q-2;2*+1. The van der Waals surface area contributed by atoms with Crippen LogP contribution in [0.4, 0.5) is 0 Å². The topological polar surface area (TPSA) is 0 Å². The van der Waals surface area contributed by atoms with E-state index in [-0.39, 0.29) is 37.7 Å². The van der Waals surface area contributed by atoms with Crippen molar-refractivity contribution in [2.45, 2.75) is 26.9 Å². The van der Waals surface area contributed by atoms with E-state index in [4.69, 9.17) is 0 Å². The molecule has 0 saturated heterocycles. The van der Waals surface area contributed by atoms with E-state index < -0.39 is 8.07 Å². The Hall–Kier alpha value is -1.97. The molecule has 0 saturated carbocycles. The Labute approximate surface area is 221 Å². The van der Waals surface area contributed by atoms with E-state index in [1.807, 2.05) is 0 Å². The molecular formula is C30H26Li2Si. The van der Waals surface area contributed by atoms with Crippen molar-refractivity contribution in [2.75, 3.05) is 0 Å². The van der Waals surface area contributed by atoms with Gasteiger partial charge in [-0.1, -0.05) is 98.4 Å². The van der Waals surface area contributed by atoms with E-state index in [1.54, 1.807) is 10.4 Å². The molecule has 0 heterocycles. The fraction of sp³-hybridized carbons (Fsp3) is 0.133. The molecule has 0 N–H and O–H groups in total. The summed E-state index contributed by atoms with van der Waals surface area (Å²) < 4.78 is 0. The van der Waals surface area contributed by atoms with Crippen molar-refractivity contribution in [1.29, 1.82) is 0 Å². The van der Waals surface area contributed by atoms with Gasteiger partial charge in [0.2, 0.25) is 0 Å². The fourth-order valence-corrected chi connectivity index (χ4v) is 10.3. The van der Waals surface area contributed by atoms with E-state index in [0.717, 1.165) is 0 Å². The molecule has 0 bridgehead atoms. The molecule has 0 aromatic heterocycles. The first-order valence-corrected chi connectivity index (χ1v) is 14.1. The van der Waals surface area contributed by atoms with Gasteiger partial charge in [0.05, 0.1) is 0 Å². The number of hydrogen-bond acceptors (Lipinski definition) is 0. The molecule has 0 nitrogen and oxygen atoms in total. The van der Waals surface area contributed by atoms with Crippen LogP contribution in [0.1, 0.15) is 11.1 Å². The predicted molar refractivity (Wildman–Crippen MR) is 140 cm³/mol. The zero-order valence-corrected chi connectivity index (χ0v) is 21.6. The maximum Gasteiger partial charge on any atom is 1.00 e. The molecule has 0 aliphatic heterocycles. The molecule has 0 unspecified atom stereocenters. The Morgan fingerprint density at radius 2 is 0.939 bits per heavy atom. The number of benzene rings is 4. The van der Waals surface area contributed by atoms with Crippen LogP contribution in [0.15, 0.2) is 84.9 Å². The third kappa shape index (κ3) is 3.51. The summed E-state index contributed by atoms with van der Waals surface area (Å²) in [6.07, 6.45) is 0. The van der Waals surface area contributed by atoms with Crippen molar-refractivity contribution < 1.29 is 37.7 Å². The SMILES string of the molecule is Cc1[cH-]c2ccc3ccccc3c2c1[Si](C)(C)c1c(C)[cH-]c2ccc3ccccc3c12.[Li+].[Li+]. The van der Waals surface area contributed by atoms with Crippen molar-refractivity contribution in [1.82, 2.24) is 0 Å². The molecule has 152 valence electrons. The van der Waals surface area contributed by atoms with Crippen LogP contribution in [0.2, 0.25) is 13.1 Å². The summed E-state index contributed by atoms with van der Waals surface area (Å²) in [5.41, 5.74) is 2.88. The molecule has 0 aliphatic rings. The van der Waals surface area contributed by atoms with Gasteiger partial charge in [-0.2, -0.15) is 10.4 Å². The molecule has 0 radical (unpaired) electrons. The van der Waals surface area contributed by atoms with Crippen LogP contribution < -0.4 is 48.1 Å². The molecule has 0 fully saturated rings. The summed E-state index contributed by atoms with van der Waals surface area (Å²) in [4.78, 5) is 0. The Morgan fingerprint density at radius 1 is 0.545 bits per heavy atom. The summed E-state index contributed by atoms with van der Waals surface area (Å²) in [6.45, 7) is 9.75. The van der Waals surface area contributed by atoms with Gasteiger partial charge in [-0.15, -0.1) is 56.9 Å². The normalized spacial score (nSPS) is 11.8. The van der Waals surface area contributed by atoms with Crippen molar-refractivity contribution in [2.24, 2.45) is 0 Å². The Bertz CT molecular complexity index is 1510. The van der Waals surface area contributed by atoms with Crippen molar-refractivity contribution in [3.05, 3.63) is 96.1 Å². The van der Waals surface area contributed by atoms with Crippen LogP contribution in [0, 0.1) is 13.8 Å². The zero-order chi connectivity index (χ0) is 21.3. The fourth-order valence-electron chi connectivity index (χ4n) is 6.12. The summed E-state index contributed by atoms with van der Waals surface area (Å²) >= 11 is 0. The number of aryl methyl sites for hydroxylation is 2. The monoisotopic (exact) mass is 428 g/mol. The van der Waals surface area contributed by atoms with E-state index in [2.05, 4.69) is 112 Å². The van der Waals surface area contributed by atoms with Crippen LogP contribution >= 0.6 is 0 Å². The Balaban J connectivity index is 0.00000130. The summed E-state index contributed by atoms with van der Waals surface area (Å²) in [7, 11) is -2.00. The van der Waals surface area contributed by atoms with Gasteiger partial charge in [0.25, 0.3) is 0 Å². The number of rotatable bonds is 2. The second-order valence-corrected chi connectivity index (χ2v) is 13.8. The first-order valence-electron chi connectivity index (χ1n) is 11.1. The Morgan fingerprint density at radius 3 is 1.36 bits per heavy atom. The minimum Gasteiger partial charge on any atom is -0.158 e. The first-order chi connectivity index (χ1) is 15.0. The zero-order valence-electron chi connectivity index (χ0n) is 20.6. The van der Waals surface area contributed by atoms with Gasteiger partial charge in [-0.05, 0) is 10.8 Å². The maximum atomic E-state index is 2.56. The maximum absolute atomic E-state index is 2.56. The molecule has 6 aromatic carbocycles. The molecular weight excluding hydrogens is 402 g/mol. The second kappa shape index (κ2) is 8.67. The van der Waals surface area contributed by atoms with E-state index in [0.29, 0.717) is 0 Å². The first kappa shape index (κ1) is 24.2. The molecule has 0 aliphatic carbocycles. The molecule has 0 spiro atoms. The summed E-state index contributed by atoms with van der Waals surface area (Å²) in [6, 6.07) is 31.7. The van der Waals surface area contributed by atoms with E-state index in [9.17, 15) is 0 Å². The summed E-state index contributed by atoms with van der Waals surface area (Å²) in [5, 5.41) is 14.4. The van der Waals surface area contributed by atoms with E-state index in [1.165, 1.54) is 54.2 Å². The van der Waals surface area contributed by atoms with Crippen LogP contribution in [0.25, 0.3) is 43.1 Å². The smallest absolute Gasteiger partial charge is 0.158 e. The van der Waals surface area contributed by atoms with Crippen LogP contribution in [-0.2, 0) is 0 Å². The van der Waals surface area contributed by atoms with Crippen LogP contribution in [0.5, 0.6) is 0 Å². The van der Waals surface area contributed by atoms with Gasteiger partial charge >= 0.3 is 37.7 Å². The van der Waals surface area contributed by atoms with Crippen molar-refractivity contribution >= 4 is 61.5 Å². The van der Waals surface area contributed by atoms with Crippen molar-refractivity contribution in [3.63, 3.8) is 0 Å². The van der Waals surface area contributed by atoms with Gasteiger partial charge in [0.15, 0.2) is 0 Å². The average Bonchev–Trinajstić information content (AvgIpc) is 3.30. The predicted octanol–water partition coefficient (Wildman–Crippen LogP) is 1.18. The van der Waals surface area contributed by atoms with Gasteiger partial charge in [0, 0.05) is 8.07 Å². The Kier molecular flexibility index (Phi) is 6.35. The van der Waals surface area contributed by atoms with Crippen LogP contribution in [-0.4, -0.2) is 8.07 Å². The number of fused-ring (bicyclic) bond motifs is 6. The van der Waals surface area contributed by atoms with Gasteiger partial charge in [-0.3, -0.25) is 0 Å². The molecule has 6 rings (SSSR count). The second-order valence-electron chi connectivity index (χ2n) is 9.53. The average molecular weight is 429 g/mol. The molecule has 0 amide bonds. The van der Waals surface area contributed by atoms with Gasteiger partial charge < -0.3 is 0 Å².